The van der Waals surface area contributed by atoms with Gasteiger partial charge in [0.15, 0.2) is 0 Å². The number of halogens is 2. The molecule has 1 amide bonds. The Bertz CT molecular complexity index is 1450. The number of benzene rings is 3. The fourth-order valence-corrected chi connectivity index (χ4v) is 5.76. The van der Waals surface area contributed by atoms with E-state index in [0.29, 0.717) is 10.7 Å². The van der Waals surface area contributed by atoms with E-state index in [1.807, 2.05) is 0 Å². The predicted octanol–water partition coefficient (Wildman–Crippen LogP) is 4.24. The number of rotatable bonds is 10. The van der Waals surface area contributed by atoms with Gasteiger partial charge in [0.25, 0.3) is 10.0 Å². The van der Waals surface area contributed by atoms with Gasteiger partial charge in [0, 0.05) is 35.2 Å². The van der Waals surface area contributed by atoms with E-state index in [1.165, 1.54) is 56.6 Å². The number of hydrogen-bond donors (Lipinski definition) is 2. The molecule has 3 rings (SSSR count). The summed E-state index contributed by atoms with van der Waals surface area (Å²) in [6.07, 6.45) is -0.108. The van der Waals surface area contributed by atoms with Gasteiger partial charge in [-0.05, 0) is 66.7 Å². The molecule has 3 aromatic carbocycles. The van der Waals surface area contributed by atoms with E-state index in [9.17, 15) is 21.6 Å². The number of ether oxygens (including phenoxy) is 1. The molecule has 3 aromatic rings. The molecule has 192 valence electrons. The van der Waals surface area contributed by atoms with Gasteiger partial charge >= 0.3 is 0 Å². The fraction of sp³-hybridized carbons (Fsp3) is 0.174. The number of carbonyl (C=O) groups excluding carboxylic acids is 1. The number of anilines is 2. The Labute approximate surface area is 223 Å². The lowest BCUT2D eigenvalue weighted by Gasteiger charge is -2.22. The fourth-order valence-electron chi connectivity index (χ4n) is 3.12. The van der Waals surface area contributed by atoms with E-state index < -0.39 is 20.0 Å². The second kappa shape index (κ2) is 11.6. The Morgan fingerprint density at radius 3 is 2.19 bits per heavy atom. The number of methoxy groups -OCH3 is 1. The van der Waals surface area contributed by atoms with Crippen LogP contribution in [-0.4, -0.2) is 43.4 Å². The maximum Gasteiger partial charge on any atom is 0.264 e. The van der Waals surface area contributed by atoms with Gasteiger partial charge in [-0.25, -0.2) is 21.6 Å². The van der Waals surface area contributed by atoms with Gasteiger partial charge in [0.05, 0.1) is 22.6 Å². The molecule has 0 radical (unpaired) electrons. The van der Waals surface area contributed by atoms with E-state index in [2.05, 4.69) is 26.0 Å². The monoisotopic (exact) mass is 615 g/mol. The molecule has 36 heavy (non-hydrogen) atoms. The number of amides is 1. The molecule has 0 aliphatic carbocycles. The van der Waals surface area contributed by atoms with Crippen LogP contribution in [0.5, 0.6) is 5.75 Å². The zero-order valence-corrected chi connectivity index (χ0v) is 23.2. The van der Waals surface area contributed by atoms with E-state index in [4.69, 9.17) is 16.3 Å². The molecule has 0 saturated carbocycles. The van der Waals surface area contributed by atoms with Gasteiger partial charge in [0.1, 0.15) is 5.75 Å². The minimum Gasteiger partial charge on any atom is -0.495 e. The van der Waals surface area contributed by atoms with Crippen molar-refractivity contribution in [1.82, 2.24) is 4.72 Å². The van der Waals surface area contributed by atoms with Crippen LogP contribution >= 0.6 is 27.5 Å². The third kappa shape index (κ3) is 6.77. The van der Waals surface area contributed by atoms with Crippen LogP contribution in [0.25, 0.3) is 0 Å². The summed E-state index contributed by atoms with van der Waals surface area (Å²) >= 11 is 9.16. The van der Waals surface area contributed by atoms with Gasteiger partial charge in [-0.3, -0.25) is 9.10 Å². The van der Waals surface area contributed by atoms with Crippen LogP contribution in [0, 0.1) is 0 Å². The van der Waals surface area contributed by atoms with Crippen molar-refractivity contribution in [3.05, 3.63) is 76.2 Å². The van der Waals surface area contributed by atoms with Gasteiger partial charge in [-0.2, -0.15) is 0 Å². The summed E-state index contributed by atoms with van der Waals surface area (Å²) < 4.78 is 61.4. The van der Waals surface area contributed by atoms with Crippen LogP contribution in [0.15, 0.2) is 81.0 Å². The molecule has 9 nitrogen and oxygen atoms in total. The van der Waals surface area contributed by atoms with Gasteiger partial charge in [-0.15, -0.1) is 0 Å². The van der Waals surface area contributed by atoms with E-state index in [0.717, 1.165) is 8.78 Å². The highest BCUT2D eigenvalue weighted by atomic mass is 79.9. The Morgan fingerprint density at radius 2 is 1.58 bits per heavy atom. The quantitative estimate of drug-likeness (QED) is 0.351. The number of hydrogen-bond acceptors (Lipinski definition) is 6. The Kier molecular flexibility index (Phi) is 9.01. The van der Waals surface area contributed by atoms with Crippen molar-refractivity contribution in [3.8, 4) is 5.75 Å². The molecule has 0 spiro atoms. The Morgan fingerprint density at radius 1 is 0.972 bits per heavy atom. The number of sulfonamides is 2. The van der Waals surface area contributed by atoms with E-state index >= 15 is 0 Å². The molecule has 0 unspecified atom stereocenters. The molecular formula is C23H23BrClN3O6S2. The number of nitrogens with one attached hydrogen (secondary N) is 2. The van der Waals surface area contributed by atoms with Crippen molar-refractivity contribution in [2.24, 2.45) is 0 Å². The molecule has 0 aromatic heterocycles. The summed E-state index contributed by atoms with van der Waals surface area (Å²) in [5.74, 6) is -0.216. The summed E-state index contributed by atoms with van der Waals surface area (Å²) in [6.45, 7) is -0.162. The zero-order valence-electron chi connectivity index (χ0n) is 19.2. The lowest BCUT2D eigenvalue weighted by atomic mass is 10.3. The highest BCUT2D eigenvalue weighted by Gasteiger charge is 2.26. The minimum atomic E-state index is -4.06. The highest BCUT2D eigenvalue weighted by Crippen LogP contribution is 2.33. The molecule has 0 saturated heterocycles. The SMILES string of the molecule is COc1ccc(S(=O)(=O)NCCC(=O)Nc2ccc(Br)cc2)cc1N(C)S(=O)(=O)c1ccc(Cl)cc1. The Balaban J connectivity index is 1.75. The third-order valence-corrected chi connectivity index (χ3v) is 9.07. The molecule has 0 aliphatic rings. The lowest BCUT2D eigenvalue weighted by molar-refractivity contribution is -0.116. The van der Waals surface area contributed by atoms with Crippen molar-refractivity contribution in [1.29, 1.82) is 0 Å². The summed E-state index contributed by atoms with van der Waals surface area (Å²) in [7, 11) is -5.47. The number of nitrogens with zero attached hydrogens (tertiary/aromatic N) is 1. The average molecular weight is 617 g/mol. The van der Waals surface area contributed by atoms with Crippen molar-refractivity contribution in [2.45, 2.75) is 16.2 Å². The van der Waals surface area contributed by atoms with Gasteiger partial charge in [0.2, 0.25) is 15.9 Å². The maximum absolute atomic E-state index is 13.1. The molecule has 0 bridgehead atoms. The predicted molar refractivity (Wildman–Crippen MR) is 143 cm³/mol. The molecule has 0 atom stereocenters. The van der Waals surface area contributed by atoms with Crippen LogP contribution < -0.4 is 19.1 Å². The molecule has 13 heteroatoms. The smallest absolute Gasteiger partial charge is 0.264 e. The normalized spacial score (nSPS) is 11.7. The topological polar surface area (TPSA) is 122 Å². The van der Waals surface area contributed by atoms with E-state index in [1.54, 1.807) is 24.3 Å². The molecule has 0 aliphatic heterocycles. The summed E-state index contributed by atoms with van der Waals surface area (Å²) in [6, 6.07) is 16.4. The highest BCUT2D eigenvalue weighted by molar-refractivity contribution is 9.10. The maximum atomic E-state index is 13.1. The summed E-state index contributed by atoms with van der Waals surface area (Å²) in [5.41, 5.74) is 0.596. The largest absolute Gasteiger partial charge is 0.495 e. The van der Waals surface area contributed by atoms with Gasteiger partial charge in [-0.1, -0.05) is 27.5 Å². The lowest BCUT2D eigenvalue weighted by Crippen LogP contribution is -2.29. The number of carbonyl (C=O) groups is 1. The molecular weight excluding hydrogens is 594 g/mol. The average Bonchev–Trinajstić information content (AvgIpc) is 2.84. The standard InChI is InChI=1S/C23H23BrClN3O6S2/c1-28(36(32,33)19-9-5-17(25)6-10-19)21-15-20(11-12-22(21)34-2)35(30,31)26-14-13-23(29)27-18-7-3-16(24)4-8-18/h3-12,15,26H,13-14H2,1-2H3,(H,27,29). The van der Waals surface area contributed by atoms with Crippen LogP contribution in [0.2, 0.25) is 5.02 Å². The first-order chi connectivity index (χ1) is 16.9. The first kappa shape index (κ1) is 27.9. The second-order valence-electron chi connectivity index (χ2n) is 7.46. The van der Waals surface area contributed by atoms with Gasteiger partial charge < -0.3 is 10.1 Å². The van der Waals surface area contributed by atoms with Crippen LogP contribution in [0.1, 0.15) is 6.42 Å². The van der Waals surface area contributed by atoms with Crippen molar-refractivity contribution >= 4 is 64.9 Å². The van der Waals surface area contributed by atoms with Crippen LogP contribution in [0.3, 0.4) is 0 Å². The summed E-state index contributed by atoms with van der Waals surface area (Å²) in [4.78, 5) is 11.9. The molecule has 2 N–H and O–H groups in total. The van der Waals surface area contributed by atoms with Crippen molar-refractivity contribution in [2.75, 3.05) is 30.3 Å². The first-order valence-electron chi connectivity index (χ1n) is 10.4. The van der Waals surface area contributed by atoms with Crippen molar-refractivity contribution in [3.63, 3.8) is 0 Å². The summed E-state index contributed by atoms with van der Waals surface area (Å²) in [5, 5.41) is 3.05. The second-order valence-corrected chi connectivity index (χ2v) is 12.6. The molecule has 0 fully saturated rings. The first-order valence-corrected chi connectivity index (χ1v) is 14.5. The van der Waals surface area contributed by atoms with Crippen molar-refractivity contribution < 1.29 is 26.4 Å². The Hall–Kier alpha value is -2.64. The van der Waals surface area contributed by atoms with Crippen LogP contribution in [0.4, 0.5) is 11.4 Å². The zero-order chi connectivity index (χ0) is 26.5. The van der Waals surface area contributed by atoms with Crippen LogP contribution in [-0.2, 0) is 24.8 Å². The third-order valence-electron chi connectivity index (χ3n) is 5.04. The molecule has 0 heterocycles. The minimum absolute atomic E-state index is 0.0170. The van der Waals surface area contributed by atoms with E-state index in [-0.39, 0.29) is 40.1 Å².